The second kappa shape index (κ2) is 11.4. The maximum absolute atomic E-state index is 12.9. The molecular formula is C29H37N5O6S. The Balaban J connectivity index is 1.08. The predicted molar refractivity (Wildman–Crippen MR) is 152 cm³/mol. The van der Waals surface area contributed by atoms with Crippen LogP contribution in [0.5, 0.6) is 0 Å². The zero-order valence-electron chi connectivity index (χ0n) is 23.6. The van der Waals surface area contributed by atoms with E-state index in [9.17, 15) is 18.0 Å². The number of piperidine rings is 1. The average Bonchev–Trinajstić information content (AvgIpc) is 3.57. The molecule has 41 heavy (non-hydrogen) atoms. The molecule has 1 atom stereocenters. The predicted octanol–water partition coefficient (Wildman–Crippen LogP) is 3.35. The summed E-state index contributed by atoms with van der Waals surface area (Å²) in [5, 5.41) is 2.86. The Kier molecular flexibility index (Phi) is 8.09. The van der Waals surface area contributed by atoms with Gasteiger partial charge < -0.3 is 24.1 Å². The molecule has 0 aliphatic carbocycles. The maximum atomic E-state index is 12.9. The molecule has 1 spiro atoms. The third-order valence-corrected chi connectivity index (χ3v) is 8.95. The third-order valence-electron chi connectivity index (χ3n) is 7.51. The molecule has 2 amide bonds. The summed E-state index contributed by atoms with van der Waals surface area (Å²) in [7, 11) is -3.70. The first-order valence-electron chi connectivity index (χ1n) is 13.8. The van der Waals surface area contributed by atoms with Crippen LogP contribution in [0.2, 0.25) is 0 Å². The van der Waals surface area contributed by atoms with Gasteiger partial charge in [-0.25, -0.2) is 22.9 Å². The van der Waals surface area contributed by atoms with Gasteiger partial charge in [-0.05, 0) is 75.8 Å². The van der Waals surface area contributed by atoms with Crippen molar-refractivity contribution < 1.29 is 27.5 Å². The first kappa shape index (κ1) is 29.0. The molecule has 220 valence electrons. The second-order valence-electron chi connectivity index (χ2n) is 11.8. The van der Waals surface area contributed by atoms with Gasteiger partial charge in [-0.15, -0.1) is 0 Å². The van der Waals surface area contributed by atoms with Gasteiger partial charge in [0, 0.05) is 44.8 Å². The number of pyridine rings is 1. The van der Waals surface area contributed by atoms with Crippen molar-refractivity contribution in [3.05, 3.63) is 66.1 Å². The molecule has 0 bridgehead atoms. The summed E-state index contributed by atoms with van der Waals surface area (Å²) in [6.45, 7) is 7.67. The van der Waals surface area contributed by atoms with Crippen LogP contribution in [0.25, 0.3) is 5.65 Å². The van der Waals surface area contributed by atoms with Crippen LogP contribution in [-0.4, -0.2) is 72.1 Å². The Bertz CT molecular complexity index is 1500. The summed E-state index contributed by atoms with van der Waals surface area (Å²) in [6, 6.07) is 9.96. The number of benzene rings is 1. The summed E-state index contributed by atoms with van der Waals surface area (Å²) >= 11 is 0. The lowest BCUT2D eigenvalue weighted by Crippen LogP contribution is -2.48. The number of hydrogen-bond acceptors (Lipinski definition) is 7. The van der Waals surface area contributed by atoms with Crippen molar-refractivity contribution in [3.8, 4) is 0 Å². The second-order valence-corrected chi connectivity index (χ2v) is 13.6. The fourth-order valence-corrected chi connectivity index (χ4v) is 6.39. The molecule has 11 nitrogen and oxygen atoms in total. The number of imidazole rings is 1. The van der Waals surface area contributed by atoms with E-state index < -0.39 is 15.6 Å². The van der Waals surface area contributed by atoms with Crippen molar-refractivity contribution in [2.45, 2.75) is 62.7 Å². The highest BCUT2D eigenvalue weighted by Gasteiger charge is 2.44. The molecule has 2 N–H and O–H groups in total. The zero-order chi connectivity index (χ0) is 29.3. The van der Waals surface area contributed by atoms with Crippen LogP contribution in [0, 0.1) is 5.92 Å². The van der Waals surface area contributed by atoms with E-state index in [1.54, 1.807) is 64.3 Å². The summed E-state index contributed by atoms with van der Waals surface area (Å²) in [4.78, 5) is 31.0. The quantitative estimate of drug-likeness (QED) is 0.436. The molecule has 0 saturated carbocycles. The number of sulfonamides is 1. The molecule has 4 heterocycles. The number of nitrogens with zero attached hydrogens (tertiary/aromatic N) is 3. The molecule has 2 aliphatic rings. The number of nitrogens with one attached hydrogen (secondary N) is 2. The standard InChI is InChI=1S/C29H37N5O6S/c1-28(2,3)40-27(36)33-13-10-29(11-14-33)16-22(20-39-29)18-32-41(37,38)24-7-4-21(5-8-24)17-31-26(35)23-6-9-25-30-12-15-34(25)19-23/h4-9,12,15,19,22,32H,10-11,13-14,16-18,20H2,1-3H3,(H,31,35). The number of carbonyl (C=O) groups is 2. The molecule has 0 radical (unpaired) electrons. The Hall–Kier alpha value is -3.48. The lowest BCUT2D eigenvalue weighted by molar-refractivity contribution is -0.0486. The van der Waals surface area contributed by atoms with E-state index in [0.717, 1.165) is 17.6 Å². The van der Waals surface area contributed by atoms with Gasteiger partial charge in [-0.1, -0.05) is 12.1 Å². The van der Waals surface area contributed by atoms with Gasteiger partial charge >= 0.3 is 6.09 Å². The van der Waals surface area contributed by atoms with Gasteiger partial charge in [0.25, 0.3) is 5.91 Å². The van der Waals surface area contributed by atoms with Gasteiger partial charge in [-0.2, -0.15) is 0 Å². The SMILES string of the molecule is CC(C)(C)OC(=O)N1CCC2(CC1)CC(CNS(=O)(=O)c1ccc(CNC(=O)c3ccc4nccn4c3)cc1)CO2. The molecule has 2 aromatic heterocycles. The number of likely N-dealkylation sites (tertiary alicyclic amines) is 1. The first-order valence-corrected chi connectivity index (χ1v) is 15.3. The Labute approximate surface area is 240 Å². The number of ether oxygens (including phenoxy) is 2. The molecule has 2 aliphatic heterocycles. The highest BCUT2D eigenvalue weighted by atomic mass is 32.2. The van der Waals surface area contributed by atoms with E-state index in [2.05, 4.69) is 15.0 Å². The summed E-state index contributed by atoms with van der Waals surface area (Å²) in [5.74, 6) is -0.181. The monoisotopic (exact) mass is 583 g/mol. The number of hydrogen-bond donors (Lipinski definition) is 2. The van der Waals surface area contributed by atoms with Gasteiger partial charge in [-0.3, -0.25) is 4.79 Å². The smallest absolute Gasteiger partial charge is 0.410 e. The molecular weight excluding hydrogens is 546 g/mol. The van der Waals surface area contributed by atoms with Crippen LogP contribution in [0.1, 0.15) is 56.0 Å². The molecule has 2 fully saturated rings. The molecule has 3 aromatic rings. The average molecular weight is 584 g/mol. The van der Waals surface area contributed by atoms with Crippen LogP contribution < -0.4 is 10.0 Å². The summed E-state index contributed by atoms with van der Waals surface area (Å²) in [6.07, 6.45) is 6.98. The van der Waals surface area contributed by atoms with Crippen molar-refractivity contribution in [2.75, 3.05) is 26.2 Å². The molecule has 1 aromatic carbocycles. The van der Waals surface area contributed by atoms with Crippen molar-refractivity contribution in [2.24, 2.45) is 5.92 Å². The van der Waals surface area contributed by atoms with E-state index in [4.69, 9.17) is 9.47 Å². The fourth-order valence-electron chi connectivity index (χ4n) is 5.28. The largest absolute Gasteiger partial charge is 0.444 e. The molecule has 2 saturated heterocycles. The number of carbonyl (C=O) groups excluding carboxylic acids is 2. The van der Waals surface area contributed by atoms with Crippen molar-refractivity contribution in [1.29, 1.82) is 0 Å². The van der Waals surface area contributed by atoms with Gasteiger partial charge in [0.1, 0.15) is 11.2 Å². The highest BCUT2D eigenvalue weighted by molar-refractivity contribution is 7.89. The molecule has 1 unspecified atom stereocenters. The lowest BCUT2D eigenvalue weighted by atomic mass is 9.85. The number of amides is 2. The van der Waals surface area contributed by atoms with Crippen molar-refractivity contribution in [3.63, 3.8) is 0 Å². The molecule has 5 rings (SSSR count). The summed E-state index contributed by atoms with van der Waals surface area (Å²) < 4.78 is 42.0. The van der Waals surface area contributed by atoms with Gasteiger partial charge in [0.05, 0.1) is 22.7 Å². The van der Waals surface area contributed by atoms with Gasteiger partial charge in [0.2, 0.25) is 10.0 Å². The number of fused-ring (bicyclic) bond motifs is 1. The Morgan fingerprint density at radius 1 is 1.12 bits per heavy atom. The van der Waals surface area contributed by atoms with E-state index in [-0.39, 0.29) is 41.5 Å². The van der Waals surface area contributed by atoms with Crippen LogP contribution in [0.4, 0.5) is 4.79 Å². The Morgan fingerprint density at radius 3 is 2.56 bits per heavy atom. The van der Waals surface area contributed by atoms with Crippen molar-refractivity contribution >= 4 is 27.7 Å². The van der Waals surface area contributed by atoms with Crippen LogP contribution >= 0.6 is 0 Å². The van der Waals surface area contributed by atoms with E-state index in [0.29, 0.717) is 38.1 Å². The summed E-state index contributed by atoms with van der Waals surface area (Å²) in [5.41, 5.74) is 1.18. The minimum atomic E-state index is -3.70. The Morgan fingerprint density at radius 2 is 1.85 bits per heavy atom. The van der Waals surface area contributed by atoms with E-state index in [1.165, 1.54) is 0 Å². The zero-order valence-corrected chi connectivity index (χ0v) is 24.4. The van der Waals surface area contributed by atoms with Crippen LogP contribution in [-0.2, 0) is 26.0 Å². The van der Waals surface area contributed by atoms with Crippen LogP contribution in [0.15, 0.2) is 59.9 Å². The highest BCUT2D eigenvalue weighted by Crippen LogP contribution is 2.38. The van der Waals surface area contributed by atoms with Crippen molar-refractivity contribution in [1.82, 2.24) is 24.3 Å². The fraction of sp³-hybridized carbons (Fsp3) is 0.483. The van der Waals surface area contributed by atoms with E-state index >= 15 is 0 Å². The third kappa shape index (κ3) is 7.06. The number of aromatic nitrogens is 2. The lowest BCUT2D eigenvalue weighted by Gasteiger charge is -2.39. The maximum Gasteiger partial charge on any atom is 0.410 e. The first-order chi connectivity index (χ1) is 19.4. The molecule has 12 heteroatoms. The number of rotatable bonds is 7. The van der Waals surface area contributed by atoms with E-state index in [1.807, 2.05) is 20.8 Å². The van der Waals surface area contributed by atoms with Crippen LogP contribution in [0.3, 0.4) is 0 Å². The topological polar surface area (TPSA) is 131 Å². The normalized spacial score (nSPS) is 19.0. The van der Waals surface area contributed by atoms with Gasteiger partial charge in [0.15, 0.2) is 0 Å². The minimum absolute atomic E-state index is 0.0499. The minimum Gasteiger partial charge on any atom is -0.444 e.